The van der Waals surface area contributed by atoms with Gasteiger partial charge in [-0.3, -0.25) is 9.59 Å². The number of carbonyl (C=O) groups excluding carboxylic acids is 1. The fourth-order valence-electron chi connectivity index (χ4n) is 2.67. The smallest absolute Gasteiger partial charge is 0.244 e. The highest BCUT2D eigenvalue weighted by Gasteiger charge is 2.11. The van der Waals surface area contributed by atoms with Gasteiger partial charge in [-0.05, 0) is 30.3 Å². The number of rotatable bonds is 5. The molecule has 0 bridgehead atoms. The molecule has 0 aliphatic rings. The van der Waals surface area contributed by atoms with E-state index in [1.54, 1.807) is 42.1 Å². The summed E-state index contributed by atoms with van der Waals surface area (Å²) < 4.78 is 13.0. The van der Waals surface area contributed by atoms with Crippen LogP contribution in [-0.2, 0) is 11.3 Å². The molecule has 0 fully saturated rings. The molecule has 0 saturated heterocycles. The van der Waals surface area contributed by atoms with E-state index in [4.69, 9.17) is 9.47 Å². The molecule has 0 aliphatic carbocycles. The zero-order valence-electron chi connectivity index (χ0n) is 14.3. The molecule has 1 aromatic heterocycles. The Morgan fingerprint density at radius 3 is 2.65 bits per heavy atom. The van der Waals surface area contributed by atoms with Gasteiger partial charge < -0.3 is 19.4 Å². The molecular weight excluding hydrogens is 400 g/mol. The molecule has 6 nitrogen and oxygen atoms in total. The van der Waals surface area contributed by atoms with E-state index >= 15 is 0 Å². The second kappa shape index (κ2) is 7.61. The zero-order valence-corrected chi connectivity index (χ0v) is 15.9. The van der Waals surface area contributed by atoms with Crippen molar-refractivity contribution in [3.63, 3.8) is 0 Å². The number of aromatic nitrogens is 1. The number of methoxy groups -OCH3 is 2. The van der Waals surface area contributed by atoms with Crippen LogP contribution in [0, 0.1) is 0 Å². The van der Waals surface area contributed by atoms with Crippen molar-refractivity contribution in [2.75, 3.05) is 19.5 Å². The van der Waals surface area contributed by atoms with Gasteiger partial charge in [0, 0.05) is 28.2 Å². The van der Waals surface area contributed by atoms with Crippen molar-refractivity contribution in [3.05, 3.63) is 63.4 Å². The fourth-order valence-corrected chi connectivity index (χ4v) is 3.03. The van der Waals surface area contributed by atoms with Gasteiger partial charge in [-0.15, -0.1) is 0 Å². The lowest BCUT2D eigenvalue weighted by Gasteiger charge is -2.14. The summed E-state index contributed by atoms with van der Waals surface area (Å²) in [5.41, 5.74) is 1.15. The molecule has 1 N–H and O–H groups in total. The summed E-state index contributed by atoms with van der Waals surface area (Å²) in [7, 11) is 3.09. The van der Waals surface area contributed by atoms with E-state index in [0.717, 1.165) is 4.47 Å². The first-order valence-corrected chi connectivity index (χ1v) is 8.61. The molecule has 0 saturated carbocycles. The van der Waals surface area contributed by atoms with Gasteiger partial charge in [-0.2, -0.15) is 0 Å². The van der Waals surface area contributed by atoms with Crippen LogP contribution in [0.4, 0.5) is 5.69 Å². The average Bonchev–Trinajstić information content (AvgIpc) is 2.64. The average molecular weight is 417 g/mol. The minimum Gasteiger partial charge on any atom is -0.497 e. The van der Waals surface area contributed by atoms with Crippen LogP contribution in [0.1, 0.15) is 0 Å². The molecule has 1 amide bonds. The molecule has 0 atom stereocenters. The highest BCUT2D eigenvalue weighted by atomic mass is 79.9. The van der Waals surface area contributed by atoms with Crippen molar-refractivity contribution < 1.29 is 14.3 Å². The number of halogens is 1. The number of ether oxygens (including phenoxy) is 2. The maximum absolute atomic E-state index is 12.5. The highest BCUT2D eigenvalue weighted by molar-refractivity contribution is 9.10. The van der Waals surface area contributed by atoms with E-state index in [1.165, 1.54) is 13.2 Å². The number of nitrogens with zero attached hydrogens (tertiary/aromatic N) is 1. The van der Waals surface area contributed by atoms with Crippen molar-refractivity contribution in [1.82, 2.24) is 4.57 Å². The van der Waals surface area contributed by atoms with Crippen molar-refractivity contribution in [3.8, 4) is 11.5 Å². The third-order valence-electron chi connectivity index (χ3n) is 3.94. The van der Waals surface area contributed by atoms with Crippen LogP contribution in [0.2, 0.25) is 0 Å². The Bertz CT molecular complexity index is 1030. The van der Waals surface area contributed by atoms with E-state index in [0.29, 0.717) is 28.1 Å². The summed E-state index contributed by atoms with van der Waals surface area (Å²) in [6.07, 6.45) is 1.61. The van der Waals surface area contributed by atoms with Gasteiger partial charge >= 0.3 is 0 Å². The number of nitrogens with one attached hydrogen (secondary N) is 1. The number of anilines is 1. The van der Waals surface area contributed by atoms with Crippen LogP contribution in [0.5, 0.6) is 11.5 Å². The number of carbonyl (C=O) groups is 1. The summed E-state index contributed by atoms with van der Waals surface area (Å²) in [6.45, 7) is 0.0631. The summed E-state index contributed by atoms with van der Waals surface area (Å²) in [5.74, 6) is 0.907. The number of benzene rings is 2. The maximum atomic E-state index is 12.5. The van der Waals surface area contributed by atoms with Gasteiger partial charge in [0.2, 0.25) is 5.91 Å². The number of amides is 1. The summed E-state index contributed by atoms with van der Waals surface area (Å²) >= 11 is 3.36. The topological polar surface area (TPSA) is 69.6 Å². The SMILES string of the molecule is COc1ccc(NC(=O)Cn2ccc(=O)c3cc(Br)ccc32)c(OC)c1. The minimum atomic E-state index is -0.235. The zero-order chi connectivity index (χ0) is 18.7. The molecule has 0 spiro atoms. The predicted molar refractivity (Wildman–Crippen MR) is 104 cm³/mol. The molecule has 0 radical (unpaired) electrons. The lowest BCUT2D eigenvalue weighted by molar-refractivity contribution is -0.116. The molecule has 3 rings (SSSR count). The van der Waals surface area contributed by atoms with E-state index in [2.05, 4.69) is 21.2 Å². The number of fused-ring (bicyclic) bond motifs is 1. The molecule has 26 heavy (non-hydrogen) atoms. The Morgan fingerprint density at radius 1 is 1.12 bits per heavy atom. The quantitative estimate of drug-likeness (QED) is 0.691. The van der Waals surface area contributed by atoms with Crippen molar-refractivity contribution in [1.29, 1.82) is 0 Å². The molecular formula is C19H17BrN2O4. The van der Waals surface area contributed by atoms with Crippen molar-refractivity contribution in [2.45, 2.75) is 6.54 Å². The van der Waals surface area contributed by atoms with Crippen LogP contribution in [0.15, 0.2) is 57.9 Å². The first kappa shape index (κ1) is 18.0. The Morgan fingerprint density at radius 2 is 1.92 bits per heavy atom. The van der Waals surface area contributed by atoms with Crippen molar-refractivity contribution >= 4 is 38.4 Å². The standard InChI is InChI=1S/C19H17BrN2O4/c1-25-13-4-5-15(18(10-13)26-2)21-19(24)11-22-8-7-17(23)14-9-12(20)3-6-16(14)22/h3-10H,11H2,1-2H3,(H,21,24). The first-order chi connectivity index (χ1) is 12.5. The predicted octanol–water partition coefficient (Wildman–Crippen LogP) is 3.42. The van der Waals surface area contributed by atoms with E-state index in [9.17, 15) is 9.59 Å². The van der Waals surface area contributed by atoms with Crippen LogP contribution in [0.3, 0.4) is 0 Å². The molecule has 134 valence electrons. The summed E-state index contributed by atoms with van der Waals surface area (Å²) in [6, 6.07) is 12.0. The maximum Gasteiger partial charge on any atom is 0.244 e. The lowest BCUT2D eigenvalue weighted by Crippen LogP contribution is -2.20. The van der Waals surface area contributed by atoms with E-state index in [-0.39, 0.29) is 17.9 Å². The normalized spacial score (nSPS) is 10.6. The lowest BCUT2D eigenvalue weighted by atomic mass is 10.2. The van der Waals surface area contributed by atoms with Gasteiger partial charge in [-0.25, -0.2) is 0 Å². The molecule has 1 heterocycles. The number of pyridine rings is 1. The number of hydrogen-bond donors (Lipinski definition) is 1. The van der Waals surface area contributed by atoms with E-state index < -0.39 is 0 Å². The third-order valence-corrected chi connectivity index (χ3v) is 4.43. The highest BCUT2D eigenvalue weighted by Crippen LogP contribution is 2.29. The van der Waals surface area contributed by atoms with Gasteiger partial charge in [0.05, 0.1) is 25.4 Å². The second-order valence-corrected chi connectivity index (χ2v) is 6.50. The molecule has 2 aromatic carbocycles. The van der Waals surface area contributed by atoms with Gasteiger partial charge in [0.1, 0.15) is 18.0 Å². The van der Waals surface area contributed by atoms with Crippen LogP contribution in [-0.4, -0.2) is 24.7 Å². The number of hydrogen-bond acceptors (Lipinski definition) is 4. The summed E-state index contributed by atoms with van der Waals surface area (Å²) in [4.78, 5) is 24.5. The van der Waals surface area contributed by atoms with Crippen LogP contribution < -0.4 is 20.2 Å². The van der Waals surface area contributed by atoms with E-state index in [1.807, 2.05) is 12.1 Å². The molecule has 7 heteroatoms. The molecule has 3 aromatic rings. The Labute approximate surface area is 158 Å². The Hall–Kier alpha value is -2.80. The largest absolute Gasteiger partial charge is 0.497 e. The molecule has 0 unspecified atom stereocenters. The Balaban J connectivity index is 1.86. The van der Waals surface area contributed by atoms with Gasteiger partial charge in [-0.1, -0.05) is 15.9 Å². The Kier molecular flexibility index (Phi) is 5.27. The summed E-state index contributed by atoms with van der Waals surface area (Å²) in [5, 5.41) is 3.38. The second-order valence-electron chi connectivity index (χ2n) is 5.58. The third kappa shape index (κ3) is 3.72. The van der Waals surface area contributed by atoms with Gasteiger partial charge in [0.25, 0.3) is 0 Å². The van der Waals surface area contributed by atoms with Crippen LogP contribution in [0.25, 0.3) is 10.9 Å². The minimum absolute atomic E-state index is 0.0631. The first-order valence-electron chi connectivity index (χ1n) is 7.82. The fraction of sp³-hybridized carbons (Fsp3) is 0.158. The van der Waals surface area contributed by atoms with Crippen LogP contribution >= 0.6 is 15.9 Å². The molecule has 0 aliphatic heterocycles. The monoisotopic (exact) mass is 416 g/mol. The van der Waals surface area contributed by atoms with Gasteiger partial charge in [0.15, 0.2) is 5.43 Å². The van der Waals surface area contributed by atoms with Crippen molar-refractivity contribution in [2.24, 2.45) is 0 Å².